The Labute approximate surface area is 254 Å². The highest BCUT2D eigenvalue weighted by atomic mass is 31.0. The molecule has 5 aromatic rings. The molecule has 0 aromatic heterocycles. The third-order valence-corrected chi connectivity index (χ3v) is 11.3. The minimum absolute atomic E-state index is 0.248. The summed E-state index contributed by atoms with van der Waals surface area (Å²) in [6, 6.07) is 51.2. The SMILES string of the molecule is CCC(c1ccccc1)C(P)(c1ccccc1)c1cccc(P)c1C(P)(c1ccccc1)C(CC)c1ccccc1. The molecule has 5 aromatic carbocycles. The second kappa shape index (κ2) is 13.1. The molecule has 0 saturated heterocycles. The van der Waals surface area contributed by atoms with Crippen molar-refractivity contribution in [2.45, 2.75) is 48.8 Å². The molecule has 0 nitrogen and oxygen atoms in total. The maximum Gasteiger partial charge on any atom is 0.0421 e. The molecular weight excluding hydrogens is 549 g/mol. The maximum absolute atomic E-state index is 3.39. The van der Waals surface area contributed by atoms with E-state index in [0.717, 1.165) is 12.8 Å². The third-order valence-electron chi connectivity index (χ3n) is 8.78. The molecule has 0 saturated carbocycles. The standard InChI is InChI=1S/C38H41P3/c1-3-32(28-18-9-5-10-19-28)37(40,30-22-13-7-14-23-30)34-26-17-27-35(39)36(34)38(41,31-24-15-8-16-25-31)33(4-2)29-20-11-6-12-21-29/h5-27,32-33H,3-4,39-41H2,1-2H3. The van der Waals surface area contributed by atoms with E-state index < -0.39 is 0 Å². The predicted octanol–water partition coefficient (Wildman–Crippen LogP) is 9.81. The Kier molecular flexibility index (Phi) is 9.57. The van der Waals surface area contributed by atoms with Crippen molar-refractivity contribution in [1.29, 1.82) is 0 Å². The minimum atomic E-state index is -0.364. The fraction of sp³-hybridized carbons (Fsp3) is 0.211. The molecule has 0 amide bonds. The molecule has 0 aliphatic carbocycles. The lowest BCUT2D eigenvalue weighted by Gasteiger charge is -2.46. The van der Waals surface area contributed by atoms with Gasteiger partial charge >= 0.3 is 0 Å². The maximum atomic E-state index is 3.39. The van der Waals surface area contributed by atoms with Gasteiger partial charge in [0.05, 0.1) is 0 Å². The van der Waals surface area contributed by atoms with Gasteiger partial charge in [0.15, 0.2) is 0 Å². The summed E-state index contributed by atoms with van der Waals surface area (Å²) in [5.41, 5.74) is 8.06. The van der Waals surface area contributed by atoms with Crippen molar-refractivity contribution in [3.63, 3.8) is 0 Å². The monoisotopic (exact) mass is 590 g/mol. The van der Waals surface area contributed by atoms with Crippen LogP contribution in [-0.2, 0) is 10.3 Å². The smallest absolute Gasteiger partial charge is 0.0421 e. The molecule has 208 valence electrons. The van der Waals surface area contributed by atoms with Crippen LogP contribution in [-0.4, -0.2) is 0 Å². The van der Waals surface area contributed by atoms with E-state index in [0.29, 0.717) is 0 Å². The minimum Gasteiger partial charge on any atom is -0.121 e. The van der Waals surface area contributed by atoms with Gasteiger partial charge in [-0.1, -0.05) is 153 Å². The molecule has 0 N–H and O–H groups in total. The molecule has 0 radical (unpaired) electrons. The third kappa shape index (κ3) is 5.61. The van der Waals surface area contributed by atoms with E-state index in [4.69, 9.17) is 0 Å². The summed E-state index contributed by atoms with van der Waals surface area (Å²) in [6.45, 7) is 4.65. The van der Waals surface area contributed by atoms with Gasteiger partial charge in [0.1, 0.15) is 0 Å². The Bertz CT molecular complexity index is 1540. The molecule has 7 unspecified atom stereocenters. The van der Waals surface area contributed by atoms with Crippen molar-refractivity contribution in [2.75, 3.05) is 0 Å². The van der Waals surface area contributed by atoms with Crippen LogP contribution in [0.3, 0.4) is 0 Å². The van der Waals surface area contributed by atoms with Gasteiger partial charge in [0.25, 0.3) is 0 Å². The molecule has 0 aliphatic rings. The molecule has 7 atom stereocenters. The average molecular weight is 591 g/mol. The van der Waals surface area contributed by atoms with E-state index >= 15 is 0 Å². The Morgan fingerprint density at radius 3 is 1.32 bits per heavy atom. The van der Waals surface area contributed by atoms with Gasteiger partial charge < -0.3 is 0 Å². The fourth-order valence-corrected chi connectivity index (χ4v) is 9.36. The van der Waals surface area contributed by atoms with Crippen LogP contribution in [0.15, 0.2) is 140 Å². The summed E-state index contributed by atoms with van der Waals surface area (Å²) in [5, 5.41) is 0.517. The fourth-order valence-electron chi connectivity index (χ4n) is 6.88. The summed E-state index contributed by atoms with van der Waals surface area (Å²) < 4.78 is 0. The second-order valence-electron chi connectivity index (χ2n) is 11.0. The first-order chi connectivity index (χ1) is 20.0. The summed E-state index contributed by atoms with van der Waals surface area (Å²) in [7, 11) is 9.89. The van der Waals surface area contributed by atoms with E-state index in [1.165, 1.54) is 38.7 Å². The first-order valence-electron chi connectivity index (χ1n) is 14.6. The molecule has 0 spiro atoms. The molecule has 0 heterocycles. The van der Waals surface area contributed by atoms with Crippen molar-refractivity contribution < 1.29 is 0 Å². The molecule has 0 aliphatic heterocycles. The quantitative estimate of drug-likeness (QED) is 0.142. The first kappa shape index (κ1) is 29.9. The Morgan fingerprint density at radius 2 is 0.878 bits per heavy atom. The summed E-state index contributed by atoms with van der Waals surface area (Å²) in [4.78, 5) is 0. The first-order valence-corrected chi connectivity index (χ1v) is 16.4. The summed E-state index contributed by atoms with van der Waals surface area (Å²) >= 11 is 0. The second-order valence-corrected chi connectivity index (χ2v) is 13.4. The Morgan fingerprint density at radius 1 is 0.488 bits per heavy atom. The largest absolute Gasteiger partial charge is 0.121 e. The average Bonchev–Trinajstić information content (AvgIpc) is 3.03. The van der Waals surface area contributed by atoms with Crippen LogP contribution in [0.1, 0.15) is 71.9 Å². The normalized spacial score (nSPS) is 15.8. The van der Waals surface area contributed by atoms with Gasteiger partial charge in [0.2, 0.25) is 0 Å². The highest BCUT2D eigenvalue weighted by Gasteiger charge is 2.46. The van der Waals surface area contributed by atoms with Crippen molar-refractivity contribution in [3.8, 4) is 0 Å². The molecule has 3 heteroatoms. The zero-order valence-electron chi connectivity index (χ0n) is 24.1. The number of hydrogen-bond acceptors (Lipinski definition) is 0. The van der Waals surface area contributed by atoms with E-state index in [9.17, 15) is 0 Å². The van der Waals surface area contributed by atoms with Crippen molar-refractivity contribution in [2.24, 2.45) is 0 Å². The highest BCUT2D eigenvalue weighted by molar-refractivity contribution is 7.28. The number of benzene rings is 5. The van der Waals surface area contributed by atoms with E-state index in [2.05, 4.69) is 181 Å². The van der Waals surface area contributed by atoms with Gasteiger partial charge in [-0.3, -0.25) is 0 Å². The van der Waals surface area contributed by atoms with Crippen molar-refractivity contribution in [1.82, 2.24) is 0 Å². The molecule has 0 bridgehead atoms. The van der Waals surface area contributed by atoms with Gasteiger partial charge in [-0.2, -0.15) is 0 Å². The van der Waals surface area contributed by atoms with E-state index in [1.54, 1.807) is 0 Å². The molecule has 5 rings (SSSR count). The van der Waals surface area contributed by atoms with Crippen LogP contribution >= 0.6 is 27.7 Å². The number of rotatable bonds is 10. The topological polar surface area (TPSA) is 0 Å². The van der Waals surface area contributed by atoms with Gasteiger partial charge in [0, 0.05) is 22.1 Å². The zero-order chi connectivity index (χ0) is 28.9. The predicted molar refractivity (Wildman–Crippen MR) is 189 cm³/mol. The molecular formula is C38H41P3. The highest BCUT2D eigenvalue weighted by Crippen LogP contribution is 2.58. The van der Waals surface area contributed by atoms with Crippen LogP contribution in [0.25, 0.3) is 0 Å². The van der Waals surface area contributed by atoms with Crippen LogP contribution in [0.4, 0.5) is 0 Å². The van der Waals surface area contributed by atoms with E-state index in [1.807, 2.05) is 0 Å². The number of hydrogen-bond donors (Lipinski definition) is 0. The van der Waals surface area contributed by atoms with Crippen molar-refractivity contribution in [3.05, 3.63) is 173 Å². The van der Waals surface area contributed by atoms with Crippen LogP contribution in [0, 0.1) is 0 Å². The molecule has 41 heavy (non-hydrogen) atoms. The van der Waals surface area contributed by atoms with Crippen LogP contribution in [0.2, 0.25) is 0 Å². The van der Waals surface area contributed by atoms with Gasteiger partial charge in [-0.25, -0.2) is 0 Å². The van der Waals surface area contributed by atoms with Crippen LogP contribution in [0.5, 0.6) is 0 Å². The Balaban J connectivity index is 1.88. The van der Waals surface area contributed by atoms with E-state index in [-0.39, 0.29) is 22.1 Å². The lowest BCUT2D eigenvalue weighted by Crippen LogP contribution is -2.38. The lowest BCUT2D eigenvalue weighted by molar-refractivity contribution is 0.508. The van der Waals surface area contributed by atoms with Gasteiger partial charge in [-0.05, 0) is 51.5 Å². The van der Waals surface area contributed by atoms with Gasteiger partial charge in [-0.15, -0.1) is 27.7 Å². The molecule has 0 fully saturated rings. The zero-order valence-corrected chi connectivity index (χ0v) is 27.5. The van der Waals surface area contributed by atoms with Crippen molar-refractivity contribution >= 4 is 33.0 Å². The lowest BCUT2D eigenvalue weighted by atomic mass is 9.68. The summed E-state index contributed by atoms with van der Waals surface area (Å²) in [5.74, 6) is 0.502. The Hall–Kier alpha value is -2.61. The summed E-state index contributed by atoms with van der Waals surface area (Å²) in [6.07, 6.45) is 2.01. The van der Waals surface area contributed by atoms with Crippen LogP contribution < -0.4 is 5.30 Å².